The minimum atomic E-state index is -0.257. The Labute approximate surface area is 188 Å². The SMILES string of the molecule is CCCOc1ccc(C(=O)N/N=C/c2cn(Cc3ccccc3C)c3ccccc23)cc1. The topological polar surface area (TPSA) is 55.6 Å². The Hall–Kier alpha value is -3.86. The molecule has 4 aromatic rings. The Kier molecular flexibility index (Phi) is 6.66. The highest BCUT2D eigenvalue weighted by Crippen LogP contribution is 2.22. The van der Waals surface area contributed by atoms with Gasteiger partial charge in [-0.2, -0.15) is 5.10 Å². The number of aryl methyl sites for hydroxylation is 1. The van der Waals surface area contributed by atoms with Gasteiger partial charge in [0.15, 0.2) is 0 Å². The van der Waals surface area contributed by atoms with Gasteiger partial charge in [0, 0.05) is 34.8 Å². The van der Waals surface area contributed by atoms with Crippen LogP contribution < -0.4 is 10.2 Å². The summed E-state index contributed by atoms with van der Waals surface area (Å²) in [4.78, 5) is 12.4. The van der Waals surface area contributed by atoms with Gasteiger partial charge in [0.1, 0.15) is 5.75 Å². The highest BCUT2D eigenvalue weighted by Gasteiger charge is 2.09. The lowest BCUT2D eigenvalue weighted by atomic mass is 10.1. The van der Waals surface area contributed by atoms with Gasteiger partial charge in [-0.3, -0.25) is 4.79 Å². The predicted molar refractivity (Wildman–Crippen MR) is 130 cm³/mol. The van der Waals surface area contributed by atoms with Gasteiger partial charge in [-0.25, -0.2) is 5.43 Å². The standard InChI is InChI=1S/C27H27N3O2/c1-3-16-32-24-14-12-21(13-15-24)27(31)29-28-17-23-19-30(26-11-7-6-10-25(23)26)18-22-9-5-4-8-20(22)2/h4-15,17,19H,3,16,18H2,1-2H3,(H,29,31)/b28-17+. The maximum atomic E-state index is 12.4. The Morgan fingerprint density at radius 1 is 1.03 bits per heavy atom. The number of benzene rings is 3. The van der Waals surface area contributed by atoms with Crippen LogP contribution in [0, 0.1) is 6.92 Å². The van der Waals surface area contributed by atoms with Crippen LogP contribution in [0.5, 0.6) is 5.75 Å². The third kappa shape index (κ3) is 4.89. The number of nitrogens with one attached hydrogen (secondary N) is 1. The molecule has 5 nitrogen and oxygen atoms in total. The molecule has 0 aliphatic carbocycles. The molecule has 0 fully saturated rings. The number of para-hydroxylation sites is 1. The van der Waals surface area contributed by atoms with Crippen LogP contribution in [0.1, 0.15) is 40.4 Å². The summed E-state index contributed by atoms with van der Waals surface area (Å²) in [6.45, 7) is 5.62. The van der Waals surface area contributed by atoms with Gasteiger partial charge in [-0.05, 0) is 54.8 Å². The third-order valence-corrected chi connectivity index (χ3v) is 5.38. The molecule has 1 aromatic heterocycles. The molecule has 0 aliphatic rings. The Morgan fingerprint density at radius 2 is 1.78 bits per heavy atom. The van der Waals surface area contributed by atoms with Crippen molar-refractivity contribution in [1.82, 2.24) is 9.99 Å². The molecular formula is C27H27N3O2. The second kappa shape index (κ2) is 9.96. The van der Waals surface area contributed by atoms with Gasteiger partial charge in [-0.1, -0.05) is 49.4 Å². The number of ether oxygens (including phenoxy) is 1. The van der Waals surface area contributed by atoms with Gasteiger partial charge in [0.2, 0.25) is 0 Å². The summed E-state index contributed by atoms with van der Waals surface area (Å²) in [5, 5.41) is 5.30. The number of hydrogen-bond donors (Lipinski definition) is 1. The zero-order valence-corrected chi connectivity index (χ0v) is 18.4. The second-order valence-corrected chi connectivity index (χ2v) is 7.73. The number of hydrazone groups is 1. The molecule has 0 aliphatic heterocycles. The number of carbonyl (C=O) groups is 1. The number of aromatic nitrogens is 1. The van der Waals surface area contributed by atoms with E-state index in [0.717, 1.165) is 35.2 Å². The Balaban J connectivity index is 1.49. The largest absolute Gasteiger partial charge is 0.494 e. The lowest BCUT2D eigenvalue weighted by Crippen LogP contribution is -2.17. The molecule has 5 heteroatoms. The zero-order valence-electron chi connectivity index (χ0n) is 18.4. The van der Waals surface area contributed by atoms with Gasteiger partial charge >= 0.3 is 0 Å². The van der Waals surface area contributed by atoms with Crippen molar-refractivity contribution < 1.29 is 9.53 Å². The molecule has 0 saturated heterocycles. The Morgan fingerprint density at radius 3 is 2.56 bits per heavy atom. The van der Waals surface area contributed by atoms with Crippen LogP contribution in [0.3, 0.4) is 0 Å². The predicted octanol–water partition coefficient (Wildman–Crippen LogP) is 5.55. The molecule has 0 radical (unpaired) electrons. The first-order valence-corrected chi connectivity index (χ1v) is 10.8. The fraction of sp³-hybridized carbons (Fsp3) is 0.185. The molecule has 4 rings (SSSR count). The molecule has 0 spiro atoms. The number of carbonyl (C=O) groups excluding carboxylic acids is 1. The van der Waals surface area contributed by atoms with Crippen LogP contribution >= 0.6 is 0 Å². The molecule has 1 N–H and O–H groups in total. The first-order chi connectivity index (χ1) is 15.7. The van der Waals surface area contributed by atoms with Gasteiger partial charge in [0.05, 0.1) is 12.8 Å². The molecule has 162 valence electrons. The third-order valence-electron chi connectivity index (χ3n) is 5.38. The van der Waals surface area contributed by atoms with Crippen molar-refractivity contribution in [3.05, 3.63) is 101 Å². The quantitative estimate of drug-likeness (QED) is 0.297. The summed E-state index contributed by atoms with van der Waals surface area (Å²) >= 11 is 0. The van der Waals surface area contributed by atoms with Crippen LogP contribution in [-0.2, 0) is 6.54 Å². The van der Waals surface area contributed by atoms with Gasteiger partial charge in [0.25, 0.3) is 5.91 Å². The normalized spacial score (nSPS) is 11.2. The maximum Gasteiger partial charge on any atom is 0.271 e. The van der Waals surface area contributed by atoms with Crippen LogP contribution in [0.4, 0.5) is 0 Å². The van der Waals surface area contributed by atoms with E-state index in [9.17, 15) is 4.79 Å². The average molecular weight is 426 g/mol. The summed E-state index contributed by atoms with van der Waals surface area (Å²) in [5.74, 6) is 0.500. The Bertz CT molecular complexity index is 1240. The van der Waals surface area contributed by atoms with E-state index in [1.54, 1.807) is 30.5 Å². The number of rotatable bonds is 8. The minimum absolute atomic E-state index is 0.257. The van der Waals surface area contributed by atoms with E-state index < -0.39 is 0 Å². The number of hydrogen-bond acceptors (Lipinski definition) is 3. The molecule has 3 aromatic carbocycles. The average Bonchev–Trinajstić information content (AvgIpc) is 3.17. The summed E-state index contributed by atoms with van der Waals surface area (Å²) in [6, 6.07) is 23.7. The number of fused-ring (bicyclic) bond motifs is 1. The van der Waals surface area contributed by atoms with Crippen molar-refractivity contribution >= 4 is 23.0 Å². The summed E-state index contributed by atoms with van der Waals surface area (Å²) < 4.78 is 7.78. The molecule has 0 saturated carbocycles. The van der Waals surface area contributed by atoms with E-state index >= 15 is 0 Å². The van der Waals surface area contributed by atoms with Crippen molar-refractivity contribution in [2.75, 3.05) is 6.61 Å². The smallest absolute Gasteiger partial charge is 0.271 e. The van der Waals surface area contributed by atoms with Crippen LogP contribution in [0.15, 0.2) is 84.1 Å². The fourth-order valence-corrected chi connectivity index (χ4v) is 3.63. The number of nitrogens with zero attached hydrogens (tertiary/aromatic N) is 2. The molecule has 0 bridgehead atoms. The monoisotopic (exact) mass is 425 g/mol. The lowest BCUT2D eigenvalue weighted by molar-refractivity contribution is 0.0955. The van der Waals surface area contributed by atoms with Crippen molar-refractivity contribution in [2.45, 2.75) is 26.8 Å². The zero-order chi connectivity index (χ0) is 22.3. The maximum absolute atomic E-state index is 12.4. The van der Waals surface area contributed by atoms with Gasteiger partial charge < -0.3 is 9.30 Å². The van der Waals surface area contributed by atoms with E-state index in [4.69, 9.17) is 4.74 Å². The van der Waals surface area contributed by atoms with Crippen LogP contribution in [0.25, 0.3) is 10.9 Å². The lowest BCUT2D eigenvalue weighted by Gasteiger charge is -2.08. The first kappa shape index (κ1) is 21.4. The summed E-state index contributed by atoms with van der Waals surface area (Å²) in [5.41, 5.74) is 7.78. The number of amides is 1. The van der Waals surface area contributed by atoms with Crippen LogP contribution in [0.2, 0.25) is 0 Å². The molecule has 0 atom stereocenters. The minimum Gasteiger partial charge on any atom is -0.494 e. The summed E-state index contributed by atoms with van der Waals surface area (Å²) in [6.07, 6.45) is 4.72. The van der Waals surface area contributed by atoms with E-state index in [0.29, 0.717) is 12.2 Å². The highest BCUT2D eigenvalue weighted by atomic mass is 16.5. The second-order valence-electron chi connectivity index (χ2n) is 7.73. The molecule has 32 heavy (non-hydrogen) atoms. The van der Waals surface area contributed by atoms with Crippen molar-refractivity contribution in [1.29, 1.82) is 0 Å². The van der Waals surface area contributed by atoms with Crippen molar-refractivity contribution in [2.24, 2.45) is 5.10 Å². The van der Waals surface area contributed by atoms with Gasteiger partial charge in [-0.15, -0.1) is 0 Å². The van der Waals surface area contributed by atoms with Crippen molar-refractivity contribution in [3.8, 4) is 5.75 Å². The van der Waals surface area contributed by atoms with E-state index in [1.165, 1.54) is 11.1 Å². The highest BCUT2D eigenvalue weighted by molar-refractivity contribution is 6.00. The van der Waals surface area contributed by atoms with E-state index in [-0.39, 0.29) is 5.91 Å². The molecular weight excluding hydrogens is 398 g/mol. The summed E-state index contributed by atoms with van der Waals surface area (Å²) in [7, 11) is 0. The molecule has 1 heterocycles. The molecule has 1 amide bonds. The van der Waals surface area contributed by atoms with Crippen LogP contribution in [-0.4, -0.2) is 23.3 Å². The van der Waals surface area contributed by atoms with E-state index in [1.807, 2.05) is 12.1 Å². The molecule has 0 unspecified atom stereocenters. The van der Waals surface area contributed by atoms with E-state index in [2.05, 4.69) is 71.5 Å². The first-order valence-electron chi connectivity index (χ1n) is 10.8. The fourth-order valence-electron chi connectivity index (χ4n) is 3.63. The van der Waals surface area contributed by atoms with Crippen molar-refractivity contribution in [3.63, 3.8) is 0 Å².